The number of aryl methyl sites for hydroxylation is 2. The molecule has 122 valence electrons. The van der Waals surface area contributed by atoms with Gasteiger partial charge < -0.3 is 9.30 Å². The molecule has 4 nitrogen and oxygen atoms in total. The summed E-state index contributed by atoms with van der Waals surface area (Å²) in [6.07, 6.45) is 2.96. The first-order valence-electron chi connectivity index (χ1n) is 7.50. The molecule has 1 aromatic heterocycles. The number of nitrogens with one attached hydrogen (secondary N) is 1. The van der Waals surface area contributed by atoms with Crippen molar-refractivity contribution in [3.05, 3.63) is 72.3 Å². The summed E-state index contributed by atoms with van der Waals surface area (Å²) in [5, 5.41) is 2.68. The normalized spacial score (nSPS) is 10.5. The Labute approximate surface area is 139 Å². The largest absolute Gasteiger partial charge is 0.417 e. The summed E-state index contributed by atoms with van der Waals surface area (Å²) in [6, 6.07) is 13.5. The van der Waals surface area contributed by atoms with E-state index in [2.05, 4.69) is 5.32 Å². The minimum Gasteiger partial charge on any atom is -0.408 e. The number of para-hydroxylation sites is 1. The van der Waals surface area contributed by atoms with Gasteiger partial charge in [-0.1, -0.05) is 36.4 Å². The third-order valence-corrected chi connectivity index (χ3v) is 3.64. The van der Waals surface area contributed by atoms with Crippen LogP contribution in [-0.2, 0) is 7.05 Å². The van der Waals surface area contributed by atoms with Crippen LogP contribution in [0.15, 0.2) is 60.9 Å². The summed E-state index contributed by atoms with van der Waals surface area (Å²) >= 11 is 0. The van der Waals surface area contributed by atoms with Gasteiger partial charge in [0.25, 0.3) is 0 Å². The standard InChI is InChI=1S/C19H17FN2O2/c1-13-11-22(2)12-18(13)24-19(23)21-17-10-6-4-8-15(17)14-7-3-5-9-16(14)20/h3-12H,1-2H3,(H,21,23). The fourth-order valence-corrected chi connectivity index (χ4v) is 2.54. The van der Waals surface area contributed by atoms with Gasteiger partial charge >= 0.3 is 6.09 Å². The highest BCUT2D eigenvalue weighted by Gasteiger charge is 2.13. The second kappa shape index (κ2) is 6.58. The molecule has 0 fully saturated rings. The zero-order valence-electron chi connectivity index (χ0n) is 13.4. The second-order valence-corrected chi connectivity index (χ2v) is 5.51. The number of rotatable bonds is 3. The van der Waals surface area contributed by atoms with Crippen molar-refractivity contribution in [2.24, 2.45) is 7.05 Å². The molecule has 0 aliphatic heterocycles. The van der Waals surface area contributed by atoms with E-state index in [1.165, 1.54) is 6.07 Å². The summed E-state index contributed by atoms with van der Waals surface area (Å²) in [5.74, 6) is 0.136. The van der Waals surface area contributed by atoms with E-state index in [1.54, 1.807) is 48.7 Å². The number of carbonyl (C=O) groups excluding carboxylic acids is 1. The highest BCUT2D eigenvalue weighted by atomic mass is 19.1. The van der Waals surface area contributed by atoms with Crippen molar-refractivity contribution in [2.45, 2.75) is 6.92 Å². The predicted octanol–water partition coefficient (Wildman–Crippen LogP) is 4.75. The van der Waals surface area contributed by atoms with Crippen molar-refractivity contribution in [3.8, 4) is 16.9 Å². The van der Waals surface area contributed by atoms with E-state index in [1.807, 2.05) is 24.7 Å². The first-order chi connectivity index (χ1) is 11.5. The number of hydrogen-bond acceptors (Lipinski definition) is 2. The molecule has 5 heteroatoms. The van der Waals surface area contributed by atoms with E-state index in [4.69, 9.17) is 4.74 Å². The van der Waals surface area contributed by atoms with Crippen molar-refractivity contribution in [1.29, 1.82) is 0 Å². The van der Waals surface area contributed by atoms with E-state index in [-0.39, 0.29) is 5.82 Å². The van der Waals surface area contributed by atoms with Crippen LogP contribution in [0.4, 0.5) is 14.9 Å². The monoisotopic (exact) mass is 324 g/mol. The molecule has 0 radical (unpaired) electrons. The molecular weight excluding hydrogens is 307 g/mol. The molecule has 0 unspecified atom stereocenters. The highest BCUT2D eigenvalue weighted by Crippen LogP contribution is 2.30. The maximum Gasteiger partial charge on any atom is 0.417 e. The smallest absolute Gasteiger partial charge is 0.408 e. The minimum atomic E-state index is -0.618. The number of anilines is 1. The van der Waals surface area contributed by atoms with Crippen LogP contribution in [-0.4, -0.2) is 10.7 Å². The van der Waals surface area contributed by atoms with Crippen LogP contribution in [0.25, 0.3) is 11.1 Å². The third kappa shape index (κ3) is 3.30. The molecule has 1 amide bonds. The quantitative estimate of drug-likeness (QED) is 0.755. The van der Waals surface area contributed by atoms with Crippen LogP contribution < -0.4 is 10.1 Å². The lowest BCUT2D eigenvalue weighted by Gasteiger charge is -2.12. The Hall–Kier alpha value is -3.08. The van der Waals surface area contributed by atoms with E-state index >= 15 is 0 Å². The second-order valence-electron chi connectivity index (χ2n) is 5.51. The predicted molar refractivity (Wildman–Crippen MR) is 91.6 cm³/mol. The van der Waals surface area contributed by atoms with Crippen LogP contribution in [0.1, 0.15) is 5.56 Å². The molecule has 0 aliphatic rings. The molecule has 3 aromatic rings. The molecule has 0 saturated heterocycles. The Kier molecular flexibility index (Phi) is 4.33. The lowest BCUT2D eigenvalue weighted by Crippen LogP contribution is -2.17. The number of nitrogens with zero attached hydrogens (tertiary/aromatic N) is 1. The van der Waals surface area contributed by atoms with Gasteiger partial charge in [-0.25, -0.2) is 9.18 Å². The van der Waals surface area contributed by atoms with Gasteiger partial charge in [0.05, 0.1) is 5.69 Å². The summed E-state index contributed by atoms with van der Waals surface area (Å²) in [5.41, 5.74) is 2.36. The van der Waals surface area contributed by atoms with E-state index in [0.717, 1.165) is 5.56 Å². The first kappa shape index (κ1) is 15.8. The summed E-state index contributed by atoms with van der Waals surface area (Å²) in [6.45, 7) is 1.86. The van der Waals surface area contributed by atoms with Crippen LogP contribution in [0, 0.1) is 12.7 Å². The molecule has 0 aliphatic carbocycles. The summed E-state index contributed by atoms with van der Waals surface area (Å²) in [4.78, 5) is 12.2. The zero-order chi connectivity index (χ0) is 17.1. The fraction of sp³-hybridized carbons (Fsp3) is 0.105. The fourth-order valence-electron chi connectivity index (χ4n) is 2.54. The number of ether oxygens (including phenoxy) is 1. The Morgan fingerprint density at radius 2 is 1.71 bits per heavy atom. The van der Waals surface area contributed by atoms with E-state index in [0.29, 0.717) is 22.6 Å². The van der Waals surface area contributed by atoms with Gasteiger partial charge in [-0.2, -0.15) is 0 Å². The van der Waals surface area contributed by atoms with Gasteiger partial charge in [0.15, 0.2) is 5.75 Å². The number of amides is 1. The number of halogens is 1. The Balaban J connectivity index is 1.84. The molecule has 0 spiro atoms. The Morgan fingerprint density at radius 3 is 2.38 bits per heavy atom. The van der Waals surface area contributed by atoms with Crippen molar-refractivity contribution in [1.82, 2.24) is 4.57 Å². The molecular formula is C19H17FN2O2. The minimum absolute atomic E-state index is 0.348. The van der Waals surface area contributed by atoms with Crippen molar-refractivity contribution in [3.63, 3.8) is 0 Å². The number of aromatic nitrogens is 1. The van der Waals surface area contributed by atoms with Crippen LogP contribution in [0.2, 0.25) is 0 Å². The molecule has 0 bridgehead atoms. The summed E-state index contributed by atoms with van der Waals surface area (Å²) in [7, 11) is 1.85. The maximum atomic E-state index is 14.0. The number of benzene rings is 2. The van der Waals surface area contributed by atoms with Gasteiger partial charge in [-0.3, -0.25) is 5.32 Å². The number of hydrogen-bond donors (Lipinski definition) is 1. The highest BCUT2D eigenvalue weighted by molar-refractivity contribution is 5.92. The topological polar surface area (TPSA) is 43.3 Å². The lowest BCUT2D eigenvalue weighted by atomic mass is 10.0. The molecule has 2 aromatic carbocycles. The van der Waals surface area contributed by atoms with Crippen LogP contribution >= 0.6 is 0 Å². The van der Waals surface area contributed by atoms with Gasteiger partial charge in [0, 0.05) is 36.1 Å². The van der Waals surface area contributed by atoms with Crippen molar-refractivity contribution < 1.29 is 13.9 Å². The molecule has 1 N–H and O–H groups in total. The van der Waals surface area contributed by atoms with Gasteiger partial charge in [0.1, 0.15) is 5.82 Å². The molecule has 3 rings (SSSR count). The van der Waals surface area contributed by atoms with Gasteiger partial charge in [-0.05, 0) is 19.1 Å². The van der Waals surface area contributed by atoms with E-state index in [9.17, 15) is 9.18 Å². The van der Waals surface area contributed by atoms with Crippen molar-refractivity contribution >= 4 is 11.8 Å². The lowest BCUT2D eigenvalue weighted by molar-refractivity contribution is 0.215. The molecule has 0 atom stereocenters. The van der Waals surface area contributed by atoms with E-state index < -0.39 is 6.09 Å². The maximum absolute atomic E-state index is 14.0. The average Bonchev–Trinajstić information content (AvgIpc) is 2.86. The zero-order valence-corrected chi connectivity index (χ0v) is 13.4. The molecule has 0 saturated carbocycles. The molecule has 1 heterocycles. The summed E-state index contributed by atoms with van der Waals surface area (Å²) < 4.78 is 21.2. The average molecular weight is 324 g/mol. The van der Waals surface area contributed by atoms with Gasteiger partial charge in [-0.15, -0.1) is 0 Å². The van der Waals surface area contributed by atoms with Crippen LogP contribution in [0.5, 0.6) is 5.75 Å². The number of carbonyl (C=O) groups is 1. The Morgan fingerprint density at radius 1 is 1.04 bits per heavy atom. The molecule has 24 heavy (non-hydrogen) atoms. The Bertz CT molecular complexity index is 887. The SMILES string of the molecule is Cc1cn(C)cc1OC(=O)Nc1ccccc1-c1ccccc1F. The third-order valence-electron chi connectivity index (χ3n) is 3.64. The van der Waals surface area contributed by atoms with Crippen LogP contribution in [0.3, 0.4) is 0 Å². The first-order valence-corrected chi connectivity index (χ1v) is 7.50. The van der Waals surface area contributed by atoms with Crippen molar-refractivity contribution in [2.75, 3.05) is 5.32 Å². The van der Waals surface area contributed by atoms with Gasteiger partial charge in [0.2, 0.25) is 0 Å².